The van der Waals surface area contributed by atoms with Gasteiger partial charge >= 0.3 is 0 Å². The first-order valence-corrected chi connectivity index (χ1v) is 24.0. The summed E-state index contributed by atoms with van der Waals surface area (Å²) >= 11 is 0. The van der Waals surface area contributed by atoms with E-state index in [1.807, 2.05) is 24.3 Å². The SMILES string of the molecule is Cc1cc(C)cc(N(c2ccc3c(c2)oc2cc4c(cc23)oc2cc3c(cc24)oc2cc(N(c4cc(C)cc(C)c4)c4cccc5c4oc4ccccc45)ccc23)c2cccc3c2oc2ccccc23)c1. The number of benzene rings is 10. The predicted octanol–water partition coefficient (Wildman–Crippen LogP) is 19.4. The molecule has 15 rings (SSSR count). The van der Waals surface area contributed by atoms with Gasteiger partial charge < -0.3 is 31.9 Å². The summed E-state index contributed by atoms with van der Waals surface area (Å²) in [4.78, 5) is 4.56. The van der Waals surface area contributed by atoms with Gasteiger partial charge in [-0.05, 0) is 147 Å². The summed E-state index contributed by atoms with van der Waals surface area (Å²) in [5.41, 5.74) is 18.7. The second-order valence-electron chi connectivity index (χ2n) is 19.2. The highest BCUT2D eigenvalue weighted by Gasteiger charge is 2.24. The van der Waals surface area contributed by atoms with Crippen molar-refractivity contribution in [2.24, 2.45) is 0 Å². The molecule has 7 nitrogen and oxygen atoms in total. The van der Waals surface area contributed by atoms with Crippen molar-refractivity contribution >= 4 is 144 Å². The molecule has 338 valence electrons. The quantitative estimate of drug-likeness (QED) is 0.164. The molecule has 0 N–H and O–H groups in total. The van der Waals surface area contributed by atoms with Crippen molar-refractivity contribution in [2.75, 3.05) is 9.80 Å². The molecule has 5 heterocycles. The van der Waals surface area contributed by atoms with E-state index in [0.29, 0.717) is 0 Å². The molecule has 0 radical (unpaired) electrons. The van der Waals surface area contributed by atoms with Crippen LogP contribution in [-0.4, -0.2) is 0 Å². The van der Waals surface area contributed by atoms with Crippen LogP contribution in [0.4, 0.5) is 34.1 Å². The van der Waals surface area contributed by atoms with Crippen molar-refractivity contribution in [3.05, 3.63) is 204 Å². The van der Waals surface area contributed by atoms with Gasteiger partial charge in [0.15, 0.2) is 11.2 Å². The molecular weight excluding hydrogens is 877 g/mol. The van der Waals surface area contributed by atoms with Crippen LogP contribution in [0.25, 0.3) is 110 Å². The van der Waals surface area contributed by atoms with Crippen LogP contribution in [-0.2, 0) is 0 Å². The minimum Gasteiger partial charge on any atom is -0.456 e. The van der Waals surface area contributed by atoms with Crippen LogP contribution >= 0.6 is 0 Å². The number of rotatable bonds is 6. The Balaban J connectivity index is 0.853. The van der Waals surface area contributed by atoms with E-state index in [-0.39, 0.29) is 0 Å². The Morgan fingerprint density at radius 2 is 0.577 bits per heavy atom. The van der Waals surface area contributed by atoms with Gasteiger partial charge in [0.2, 0.25) is 0 Å². The van der Waals surface area contributed by atoms with Crippen LogP contribution in [0.2, 0.25) is 0 Å². The zero-order valence-corrected chi connectivity index (χ0v) is 39.3. The molecule has 0 saturated carbocycles. The Kier molecular flexibility index (Phi) is 8.21. The minimum absolute atomic E-state index is 0.780. The fourth-order valence-corrected chi connectivity index (χ4v) is 11.4. The normalized spacial score (nSPS) is 12.2. The first kappa shape index (κ1) is 39.8. The van der Waals surface area contributed by atoms with Crippen LogP contribution in [0.3, 0.4) is 0 Å². The number of nitrogens with zero attached hydrogens (tertiary/aromatic N) is 2. The van der Waals surface area contributed by atoms with Crippen molar-refractivity contribution in [3.63, 3.8) is 0 Å². The van der Waals surface area contributed by atoms with Crippen molar-refractivity contribution in [2.45, 2.75) is 27.7 Å². The van der Waals surface area contributed by atoms with Gasteiger partial charge in [0.25, 0.3) is 0 Å². The van der Waals surface area contributed by atoms with E-state index in [0.717, 1.165) is 144 Å². The molecule has 15 aromatic rings. The molecule has 0 aliphatic carbocycles. The molecule has 0 saturated heterocycles. The fourth-order valence-electron chi connectivity index (χ4n) is 11.4. The molecule has 0 atom stereocenters. The topological polar surface area (TPSA) is 72.2 Å². The lowest BCUT2D eigenvalue weighted by Crippen LogP contribution is -2.10. The van der Waals surface area contributed by atoms with Crippen molar-refractivity contribution in [1.82, 2.24) is 0 Å². The fraction of sp³-hybridized carbons (Fsp3) is 0.0625. The van der Waals surface area contributed by atoms with Crippen molar-refractivity contribution in [1.29, 1.82) is 0 Å². The van der Waals surface area contributed by atoms with Gasteiger partial charge in [-0.2, -0.15) is 0 Å². The van der Waals surface area contributed by atoms with Crippen molar-refractivity contribution < 1.29 is 22.1 Å². The Morgan fingerprint density at radius 3 is 0.986 bits per heavy atom. The van der Waals surface area contributed by atoms with Gasteiger partial charge in [-0.3, -0.25) is 0 Å². The number of fused-ring (bicyclic) bond motifs is 15. The number of furan rings is 5. The zero-order valence-electron chi connectivity index (χ0n) is 39.3. The predicted molar refractivity (Wildman–Crippen MR) is 291 cm³/mol. The van der Waals surface area contributed by atoms with Gasteiger partial charge in [0, 0.05) is 77.4 Å². The highest BCUT2D eigenvalue weighted by atomic mass is 16.3. The molecule has 0 spiro atoms. The number of aryl methyl sites for hydroxylation is 4. The van der Waals surface area contributed by atoms with Crippen molar-refractivity contribution in [3.8, 4) is 0 Å². The molecule has 0 aliphatic heterocycles. The van der Waals surface area contributed by atoms with E-state index >= 15 is 0 Å². The lowest BCUT2D eigenvalue weighted by atomic mass is 10.1. The van der Waals surface area contributed by atoms with E-state index in [1.54, 1.807) is 0 Å². The van der Waals surface area contributed by atoms with Crippen LogP contribution in [0.1, 0.15) is 22.3 Å². The number of hydrogen-bond acceptors (Lipinski definition) is 7. The molecule has 0 bridgehead atoms. The lowest BCUT2D eigenvalue weighted by Gasteiger charge is -2.26. The largest absolute Gasteiger partial charge is 0.456 e. The summed E-state index contributed by atoms with van der Waals surface area (Å²) in [5.74, 6) is 0. The summed E-state index contributed by atoms with van der Waals surface area (Å²) in [7, 11) is 0. The van der Waals surface area contributed by atoms with Gasteiger partial charge in [0.05, 0.1) is 22.7 Å². The molecule has 0 fully saturated rings. The second-order valence-corrected chi connectivity index (χ2v) is 19.2. The first-order valence-electron chi connectivity index (χ1n) is 24.0. The Morgan fingerprint density at radius 1 is 0.239 bits per heavy atom. The lowest BCUT2D eigenvalue weighted by molar-refractivity contribution is 0.662. The number of anilines is 6. The second kappa shape index (κ2) is 14.7. The highest BCUT2D eigenvalue weighted by molar-refractivity contribution is 6.19. The van der Waals surface area contributed by atoms with Crippen LogP contribution in [0.5, 0.6) is 0 Å². The van der Waals surface area contributed by atoms with Gasteiger partial charge in [0.1, 0.15) is 44.7 Å². The van der Waals surface area contributed by atoms with E-state index in [4.69, 9.17) is 22.1 Å². The average Bonchev–Trinajstić information content (AvgIpc) is 4.18. The molecule has 0 aliphatic rings. The zero-order chi connectivity index (χ0) is 47.2. The summed E-state index contributed by atoms with van der Waals surface area (Å²) in [6, 6.07) is 63.9. The summed E-state index contributed by atoms with van der Waals surface area (Å²) in [6.07, 6.45) is 0. The maximum absolute atomic E-state index is 6.80. The molecular formula is C64H42N2O5. The molecule has 7 heteroatoms. The van der Waals surface area contributed by atoms with Gasteiger partial charge in [-0.25, -0.2) is 0 Å². The summed E-state index contributed by atoms with van der Waals surface area (Å²) in [6.45, 7) is 8.56. The molecule has 0 unspecified atom stereocenters. The van der Waals surface area contributed by atoms with Gasteiger partial charge in [-0.15, -0.1) is 0 Å². The number of hydrogen-bond donors (Lipinski definition) is 0. The maximum Gasteiger partial charge on any atom is 0.159 e. The third-order valence-electron chi connectivity index (χ3n) is 14.3. The Bertz CT molecular complexity index is 4390. The first-order chi connectivity index (χ1) is 34.8. The molecule has 71 heavy (non-hydrogen) atoms. The van der Waals surface area contributed by atoms with E-state index in [2.05, 4.69) is 195 Å². The van der Waals surface area contributed by atoms with Gasteiger partial charge in [-0.1, -0.05) is 72.8 Å². The van der Waals surface area contributed by atoms with Crippen LogP contribution in [0.15, 0.2) is 204 Å². The Labute approximate surface area is 405 Å². The third-order valence-corrected chi connectivity index (χ3v) is 14.3. The monoisotopic (exact) mass is 918 g/mol. The average molecular weight is 919 g/mol. The van der Waals surface area contributed by atoms with E-state index < -0.39 is 0 Å². The van der Waals surface area contributed by atoms with E-state index in [9.17, 15) is 0 Å². The standard InChI is InChI=1S/C64H42N2O5/c1-35-23-36(2)26-41(25-35)65(53-15-9-13-47-43-11-5-7-17-55(43)70-63(47)53)39-19-21-45-49-31-61-51(33-59(49)67-57(45)29-39)52-34-60-50(32-62(52)69-61)46-22-20-40(30-58(46)68-60)66(42-27-37(3)24-38(4)28-42)54-16-10-14-48-44-12-6-8-18-56(44)71-64(48)54/h5-34H,1-4H3. The molecule has 10 aromatic carbocycles. The molecule has 5 aromatic heterocycles. The van der Waals surface area contributed by atoms with Crippen LogP contribution in [0, 0.1) is 27.7 Å². The maximum atomic E-state index is 6.80. The van der Waals surface area contributed by atoms with E-state index in [1.165, 1.54) is 22.3 Å². The van der Waals surface area contributed by atoms with Crippen LogP contribution < -0.4 is 9.80 Å². The minimum atomic E-state index is 0.780. The third kappa shape index (κ3) is 6.02. The smallest absolute Gasteiger partial charge is 0.159 e. The summed E-state index contributed by atoms with van der Waals surface area (Å²) in [5, 5.41) is 10.3. The molecule has 0 amide bonds. The number of para-hydroxylation sites is 4. The highest BCUT2D eigenvalue weighted by Crippen LogP contribution is 2.47. The Hall–Kier alpha value is -9.20. The summed E-state index contributed by atoms with van der Waals surface area (Å²) < 4.78 is 33.5.